The summed E-state index contributed by atoms with van der Waals surface area (Å²) in [6, 6.07) is 0. The Balaban J connectivity index is 1.77. The lowest BCUT2D eigenvalue weighted by atomic mass is 10.4. The van der Waals surface area contributed by atoms with Gasteiger partial charge in [-0.2, -0.15) is 0 Å². The third-order valence-corrected chi connectivity index (χ3v) is 3.26. The van der Waals surface area contributed by atoms with Gasteiger partial charge in [0.2, 0.25) is 0 Å². The Hall–Kier alpha value is -2.00. The first kappa shape index (κ1) is 15.4. The molecule has 2 rings (SSSR count). The maximum absolute atomic E-state index is 11.7. The van der Waals surface area contributed by atoms with Crippen LogP contribution in [0.3, 0.4) is 0 Å². The average molecular weight is 298 g/mol. The van der Waals surface area contributed by atoms with Gasteiger partial charge in [-0.25, -0.2) is 9.55 Å². The predicted octanol–water partition coefficient (Wildman–Crippen LogP) is -0.0249. The molecule has 0 unspecified atom stereocenters. The Kier molecular flexibility index (Phi) is 5.23. The molecule has 0 amide bonds. The Morgan fingerprint density at radius 2 is 2.24 bits per heavy atom. The summed E-state index contributed by atoms with van der Waals surface area (Å²) in [5.74, 6) is 0.0833. The summed E-state index contributed by atoms with van der Waals surface area (Å²) in [7, 11) is 0. The Morgan fingerprint density at radius 1 is 1.52 bits per heavy atom. The lowest BCUT2D eigenvalue weighted by Gasteiger charge is -2.25. The first-order valence-corrected chi connectivity index (χ1v) is 6.70. The smallest absolute Gasteiger partial charge is 0.342 e. The van der Waals surface area contributed by atoms with E-state index in [1.54, 1.807) is 6.92 Å². The van der Waals surface area contributed by atoms with E-state index in [4.69, 9.17) is 9.47 Å². The van der Waals surface area contributed by atoms with E-state index >= 15 is 0 Å². The van der Waals surface area contributed by atoms with Crippen LogP contribution in [0.2, 0.25) is 0 Å². The minimum Gasteiger partial charge on any atom is -0.461 e. The summed E-state index contributed by atoms with van der Waals surface area (Å²) < 4.78 is 11.7. The molecule has 116 valence electrons. The van der Waals surface area contributed by atoms with Crippen LogP contribution in [0.25, 0.3) is 0 Å². The number of carbonyl (C=O) groups excluding carboxylic acids is 1. The van der Waals surface area contributed by atoms with E-state index in [2.05, 4.69) is 4.98 Å². The quantitative estimate of drug-likeness (QED) is 0.413. The second-order valence-corrected chi connectivity index (χ2v) is 4.68. The highest BCUT2D eigenvalue weighted by Crippen LogP contribution is 2.13. The third-order valence-electron chi connectivity index (χ3n) is 3.26. The van der Waals surface area contributed by atoms with Gasteiger partial charge in [0.25, 0.3) is 0 Å². The van der Waals surface area contributed by atoms with Crippen molar-refractivity contribution >= 4 is 11.8 Å². The van der Waals surface area contributed by atoms with Crippen molar-refractivity contribution in [3.63, 3.8) is 0 Å². The van der Waals surface area contributed by atoms with Gasteiger partial charge in [-0.3, -0.25) is 9.69 Å². The van der Waals surface area contributed by atoms with Crippen LogP contribution in [-0.2, 0) is 20.8 Å². The van der Waals surface area contributed by atoms with Gasteiger partial charge in [-0.1, -0.05) is 0 Å². The number of aromatic nitrogens is 2. The number of nitro groups is 1. The lowest BCUT2D eigenvalue weighted by Crippen LogP contribution is -2.40. The zero-order valence-electron chi connectivity index (χ0n) is 11.9. The van der Waals surface area contributed by atoms with E-state index in [9.17, 15) is 14.9 Å². The van der Waals surface area contributed by atoms with Crippen molar-refractivity contribution in [1.29, 1.82) is 0 Å². The van der Waals surface area contributed by atoms with Crippen molar-refractivity contribution in [3.8, 4) is 0 Å². The fourth-order valence-electron chi connectivity index (χ4n) is 2.12. The molecule has 21 heavy (non-hydrogen) atoms. The summed E-state index contributed by atoms with van der Waals surface area (Å²) >= 11 is 0. The van der Waals surface area contributed by atoms with Gasteiger partial charge in [-0.05, 0) is 4.92 Å². The van der Waals surface area contributed by atoms with Gasteiger partial charge in [0.1, 0.15) is 19.3 Å². The number of ether oxygens (including phenoxy) is 2. The minimum absolute atomic E-state index is 0.0845. The van der Waals surface area contributed by atoms with Crippen LogP contribution in [0.5, 0.6) is 0 Å². The number of esters is 1. The van der Waals surface area contributed by atoms with Crippen molar-refractivity contribution in [2.75, 3.05) is 39.5 Å². The van der Waals surface area contributed by atoms with Crippen molar-refractivity contribution < 1.29 is 19.2 Å². The number of nitrogens with zero attached hydrogens (tertiary/aromatic N) is 4. The van der Waals surface area contributed by atoms with Crippen molar-refractivity contribution in [3.05, 3.63) is 22.1 Å². The van der Waals surface area contributed by atoms with E-state index < -0.39 is 4.92 Å². The predicted molar refractivity (Wildman–Crippen MR) is 71.8 cm³/mol. The highest BCUT2D eigenvalue weighted by molar-refractivity contribution is 5.71. The van der Waals surface area contributed by atoms with Gasteiger partial charge in [0.15, 0.2) is 5.82 Å². The molecule has 0 saturated carbocycles. The molecule has 1 aliphatic heterocycles. The summed E-state index contributed by atoms with van der Waals surface area (Å²) in [4.78, 5) is 27.8. The van der Waals surface area contributed by atoms with Crippen LogP contribution >= 0.6 is 0 Å². The fraction of sp³-hybridized carbons (Fsp3) is 0.667. The largest absolute Gasteiger partial charge is 0.461 e. The molecule has 1 fully saturated rings. The van der Waals surface area contributed by atoms with Gasteiger partial charge in [-0.15, -0.1) is 0 Å². The van der Waals surface area contributed by atoms with Gasteiger partial charge >= 0.3 is 11.8 Å². The van der Waals surface area contributed by atoms with Crippen molar-refractivity contribution in [1.82, 2.24) is 14.5 Å². The standard InChI is InChI=1S/C12H18N4O5/c1-10-13-8-11(16(18)19)15(10)4-7-21-12(17)9-14-2-5-20-6-3-14/h8H,2-7,9H2,1H3. The summed E-state index contributed by atoms with van der Waals surface area (Å²) in [5.41, 5.74) is 0. The molecule has 1 aromatic rings. The average Bonchev–Trinajstić information content (AvgIpc) is 2.81. The van der Waals surface area contributed by atoms with Crippen LogP contribution in [0, 0.1) is 17.0 Å². The second-order valence-electron chi connectivity index (χ2n) is 4.68. The molecule has 9 heteroatoms. The second kappa shape index (κ2) is 7.14. The van der Waals surface area contributed by atoms with Gasteiger partial charge < -0.3 is 19.6 Å². The molecule has 0 spiro atoms. The van der Waals surface area contributed by atoms with Crippen LogP contribution in [0.4, 0.5) is 5.82 Å². The zero-order chi connectivity index (χ0) is 15.2. The first-order chi connectivity index (χ1) is 10.1. The number of rotatable bonds is 6. The van der Waals surface area contributed by atoms with E-state index in [1.807, 2.05) is 4.90 Å². The topological polar surface area (TPSA) is 99.7 Å². The molecule has 1 aliphatic rings. The van der Waals surface area contributed by atoms with Gasteiger partial charge in [0.05, 0.1) is 19.8 Å². The summed E-state index contributed by atoms with van der Waals surface area (Å²) in [6.07, 6.45) is 1.20. The number of aryl methyl sites for hydroxylation is 1. The number of imidazole rings is 1. The van der Waals surface area contributed by atoms with Crippen LogP contribution < -0.4 is 0 Å². The molecule has 0 bridgehead atoms. The van der Waals surface area contributed by atoms with E-state index in [-0.39, 0.29) is 31.5 Å². The molecule has 1 aromatic heterocycles. The van der Waals surface area contributed by atoms with Crippen LogP contribution in [0.15, 0.2) is 6.20 Å². The third kappa shape index (κ3) is 4.23. The zero-order valence-corrected chi connectivity index (χ0v) is 11.9. The number of carbonyl (C=O) groups is 1. The Labute approximate surface area is 121 Å². The van der Waals surface area contributed by atoms with Crippen molar-refractivity contribution in [2.24, 2.45) is 0 Å². The Morgan fingerprint density at radius 3 is 2.90 bits per heavy atom. The van der Waals surface area contributed by atoms with Crippen molar-refractivity contribution in [2.45, 2.75) is 13.5 Å². The maximum atomic E-state index is 11.7. The van der Waals surface area contributed by atoms with E-state index in [0.717, 1.165) is 0 Å². The monoisotopic (exact) mass is 298 g/mol. The molecule has 0 N–H and O–H groups in total. The van der Waals surface area contributed by atoms with E-state index in [0.29, 0.717) is 32.1 Å². The Bertz CT molecular complexity index is 510. The highest BCUT2D eigenvalue weighted by atomic mass is 16.6. The fourth-order valence-corrected chi connectivity index (χ4v) is 2.12. The number of morpholine rings is 1. The molecule has 9 nitrogen and oxygen atoms in total. The van der Waals surface area contributed by atoms with Crippen LogP contribution in [-0.4, -0.2) is 64.8 Å². The number of hydrogen-bond donors (Lipinski definition) is 0. The summed E-state index contributed by atoms with van der Waals surface area (Å²) in [5, 5.41) is 10.8. The molecule has 0 radical (unpaired) electrons. The van der Waals surface area contributed by atoms with Gasteiger partial charge in [0, 0.05) is 20.0 Å². The van der Waals surface area contributed by atoms with E-state index in [1.165, 1.54) is 10.8 Å². The highest BCUT2D eigenvalue weighted by Gasteiger charge is 2.18. The molecular formula is C12H18N4O5. The minimum atomic E-state index is -0.504. The molecule has 0 aliphatic carbocycles. The molecule has 2 heterocycles. The maximum Gasteiger partial charge on any atom is 0.342 e. The SMILES string of the molecule is Cc1ncc([N+](=O)[O-])n1CCOC(=O)CN1CCOCC1. The normalized spacial score (nSPS) is 15.9. The number of hydrogen-bond acceptors (Lipinski definition) is 7. The summed E-state index contributed by atoms with van der Waals surface area (Å²) in [6.45, 7) is 4.85. The lowest BCUT2D eigenvalue weighted by molar-refractivity contribution is -0.392. The molecule has 0 atom stereocenters. The molecular weight excluding hydrogens is 280 g/mol. The first-order valence-electron chi connectivity index (χ1n) is 6.70. The molecule has 1 saturated heterocycles. The van der Waals surface area contributed by atoms with Crippen LogP contribution in [0.1, 0.15) is 5.82 Å². The molecule has 0 aromatic carbocycles.